The first-order chi connectivity index (χ1) is 7.95. The summed E-state index contributed by atoms with van der Waals surface area (Å²) in [6.45, 7) is 5.32. The minimum Gasteiger partial charge on any atom is -0.314 e. The lowest BCUT2D eigenvalue weighted by molar-refractivity contribution is 0.240. The average Bonchev–Trinajstić information content (AvgIpc) is 2.73. The molecule has 2 saturated heterocycles. The zero-order chi connectivity index (χ0) is 11.1. The number of nitrogens with zero attached hydrogens (tertiary/aromatic N) is 1. The van der Waals surface area contributed by atoms with Crippen LogP contribution in [-0.2, 0) is 0 Å². The second-order valence-electron chi connectivity index (χ2n) is 5.54. The van der Waals surface area contributed by atoms with Crippen LogP contribution in [0.4, 0.5) is 0 Å². The van der Waals surface area contributed by atoms with Crippen molar-refractivity contribution in [2.45, 2.75) is 63.8 Å². The molecule has 0 aromatic heterocycles. The van der Waals surface area contributed by atoms with Gasteiger partial charge in [0.1, 0.15) is 0 Å². The third kappa shape index (κ3) is 4.42. The Bertz CT molecular complexity index is 168. The predicted molar refractivity (Wildman–Crippen MR) is 69.8 cm³/mol. The van der Waals surface area contributed by atoms with Gasteiger partial charge >= 0.3 is 0 Å². The standard InChI is InChI=1S/C14H28N2/c1-2-4-11-16(12-5-3-1)13-7-9-14-8-6-10-15-14/h14-15H,1-13H2. The molecule has 2 heterocycles. The van der Waals surface area contributed by atoms with E-state index in [-0.39, 0.29) is 0 Å². The van der Waals surface area contributed by atoms with Gasteiger partial charge in [0.05, 0.1) is 0 Å². The van der Waals surface area contributed by atoms with Gasteiger partial charge in [0.25, 0.3) is 0 Å². The molecule has 2 aliphatic rings. The lowest BCUT2D eigenvalue weighted by Crippen LogP contribution is -2.30. The molecule has 2 aliphatic heterocycles. The first kappa shape index (κ1) is 12.4. The van der Waals surface area contributed by atoms with Crippen molar-refractivity contribution in [1.29, 1.82) is 0 Å². The van der Waals surface area contributed by atoms with E-state index in [0.29, 0.717) is 0 Å². The minimum atomic E-state index is 0.842. The SMILES string of the molecule is C1CCCN(CCCC2CCCN2)CCC1. The van der Waals surface area contributed by atoms with E-state index in [4.69, 9.17) is 0 Å². The van der Waals surface area contributed by atoms with Crippen molar-refractivity contribution in [3.05, 3.63) is 0 Å². The van der Waals surface area contributed by atoms with E-state index in [2.05, 4.69) is 10.2 Å². The highest BCUT2D eigenvalue weighted by Gasteiger charge is 2.14. The lowest BCUT2D eigenvalue weighted by atomic mass is 10.1. The molecule has 94 valence electrons. The van der Waals surface area contributed by atoms with Crippen LogP contribution in [-0.4, -0.2) is 37.1 Å². The number of nitrogens with one attached hydrogen (secondary N) is 1. The minimum absolute atomic E-state index is 0.842. The van der Waals surface area contributed by atoms with E-state index in [0.717, 1.165) is 6.04 Å². The van der Waals surface area contributed by atoms with Gasteiger partial charge in [0.2, 0.25) is 0 Å². The topological polar surface area (TPSA) is 15.3 Å². The summed E-state index contributed by atoms with van der Waals surface area (Å²) in [4.78, 5) is 2.70. The fraction of sp³-hybridized carbons (Fsp3) is 1.00. The summed E-state index contributed by atoms with van der Waals surface area (Å²) in [5, 5.41) is 3.60. The Labute approximate surface area is 101 Å². The second-order valence-corrected chi connectivity index (χ2v) is 5.54. The molecule has 0 radical (unpaired) electrons. The van der Waals surface area contributed by atoms with Crippen LogP contribution >= 0.6 is 0 Å². The molecule has 1 atom stereocenters. The first-order valence-corrected chi connectivity index (χ1v) is 7.41. The third-order valence-electron chi connectivity index (χ3n) is 4.14. The van der Waals surface area contributed by atoms with Crippen molar-refractivity contribution in [2.24, 2.45) is 0 Å². The van der Waals surface area contributed by atoms with E-state index in [1.807, 2.05) is 0 Å². The number of likely N-dealkylation sites (tertiary alicyclic amines) is 1. The summed E-state index contributed by atoms with van der Waals surface area (Å²) in [5.74, 6) is 0. The lowest BCUT2D eigenvalue weighted by Gasteiger charge is -2.24. The molecule has 0 aromatic rings. The van der Waals surface area contributed by atoms with Gasteiger partial charge in [-0.3, -0.25) is 0 Å². The van der Waals surface area contributed by atoms with E-state index in [9.17, 15) is 0 Å². The Balaban J connectivity index is 1.56. The molecule has 2 fully saturated rings. The number of rotatable bonds is 4. The van der Waals surface area contributed by atoms with Crippen LogP contribution in [0.3, 0.4) is 0 Å². The quantitative estimate of drug-likeness (QED) is 0.790. The predicted octanol–water partition coefficient (Wildman–Crippen LogP) is 2.78. The second kappa shape index (κ2) is 7.29. The maximum atomic E-state index is 3.60. The van der Waals surface area contributed by atoms with Crippen LogP contribution in [0.15, 0.2) is 0 Å². The molecule has 1 N–H and O–H groups in total. The van der Waals surface area contributed by atoms with Gasteiger partial charge < -0.3 is 10.2 Å². The Morgan fingerprint density at radius 1 is 0.938 bits per heavy atom. The summed E-state index contributed by atoms with van der Waals surface area (Å²) in [6.07, 6.45) is 12.9. The van der Waals surface area contributed by atoms with Gasteiger partial charge in [0, 0.05) is 6.04 Å². The molecule has 1 unspecified atom stereocenters. The van der Waals surface area contributed by atoms with Gasteiger partial charge in [-0.05, 0) is 64.7 Å². The maximum Gasteiger partial charge on any atom is 0.00680 e. The number of hydrogen-bond donors (Lipinski definition) is 1. The largest absolute Gasteiger partial charge is 0.314 e. The molecule has 0 saturated carbocycles. The molecule has 2 nitrogen and oxygen atoms in total. The summed E-state index contributed by atoms with van der Waals surface area (Å²) >= 11 is 0. The van der Waals surface area contributed by atoms with Crippen molar-refractivity contribution in [3.63, 3.8) is 0 Å². The van der Waals surface area contributed by atoms with Crippen molar-refractivity contribution < 1.29 is 0 Å². The fourth-order valence-electron chi connectivity index (χ4n) is 3.10. The Morgan fingerprint density at radius 3 is 2.38 bits per heavy atom. The van der Waals surface area contributed by atoms with Crippen LogP contribution in [0.25, 0.3) is 0 Å². The molecule has 0 aromatic carbocycles. The van der Waals surface area contributed by atoms with Gasteiger partial charge in [-0.15, -0.1) is 0 Å². The van der Waals surface area contributed by atoms with Gasteiger partial charge in [-0.25, -0.2) is 0 Å². The van der Waals surface area contributed by atoms with Crippen LogP contribution in [0.2, 0.25) is 0 Å². The molecule has 0 aliphatic carbocycles. The van der Waals surface area contributed by atoms with Gasteiger partial charge in [-0.1, -0.05) is 19.3 Å². The molecule has 0 spiro atoms. The zero-order valence-electron chi connectivity index (χ0n) is 10.7. The Hall–Kier alpha value is -0.0800. The third-order valence-corrected chi connectivity index (χ3v) is 4.14. The fourth-order valence-corrected chi connectivity index (χ4v) is 3.10. The molecule has 2 heteroatoms. The van der Waals surface area contributed by atoms with Crippen molar-refractivity contribution in [2.75, 3.05) is 26.2 Å². The molecule has 0 amide bonds. The molecule has 0 bridgehead atoms. The van der Waals surface area contributed by atoms with Gasteiger partial charge in [-0.2, -0.15) is 0 Å². The smallest absolute Gasteiger partial charge is 0.00680 e. The normalized spacial score (nSPS) is 28.9. The van der Waals surface area contributed by atoms with Crippen molar-refractivity contribution >= 4 is 0 Å². The van der Waals surface area contributed by atoms with E-state index in [1.165, 1.54) is 84.0 Å². The maximum absolute atomic E-state index is 3.60. The molecular formula is C14H28N2. The van der Waals surface area contributed by atoms with Crippen LogP contribution < -0.4 is 5.32 Å². The summed E-state index contributed by atoms with van der Waals surface area (Å²) in [5.41, 5.74) is 0. The van der Waals surface area contributed by atoms with Crippen molar-refractivity contribution in [3.8, 4) is 0 Å². The van der Waals surface area contributed by atoms with E-state index >= 15 is 0 Å². The Kier molecular flexibility index (Phi) is 5.64. The zero-order valence-corrected chi connectivity index (χ0v) is 10.7. The van der Waals surface area contributed by atoms with Crippen LogP contribution in [0.5, 0.6) is 0 Å². The average molecular weight is 224 g/mol. The van der Waals surface area contributed by atoms with Crippen LogP contribution in [0, 0.1) is 0 Å². The van der Waals surface area contributed by atoms with Crippen LogP contribution in [0.1, 0.15) is 57.8 Å². The van der Waals surface area contributed by atoms with E-state index in [1.54, 1.807) is 0 Å². The highest BCUT2D eigenvalue weighted by atomic mass is 15.1. The summed E-state index contributed by atoms with van der Waals surface area (Å²) in [6, 6.07) is 0.842. The van der Waals surface area contributed by atoms with Gasteiger partial charge in [0.15, 0.2) is 0 Å². The summed E-state index contributed by atoms with van der Waals surface area (Å²) in [7, 11) is 0. The number of hydrogen-bond acceptors (Lipinski definition) is 2. The monoisotopic (exact) mass is 224 g/mol. The van der Waals surface area contributed by atoms with E-state index < -0.39 is 0 Å². The summed E-state index contributed by atoms with van der Waals surface area (Å²) < 4.78 is 0. The molecular weight excluding hydrogens is 196 g/mol. The Morgan fingerprint density at radius 2 is 1.69 bits per heavy atom. The molecule has 16 heavy (non-hydrogen) atoms. The highest BCUT2D eigenvalue weighted by molar-refractivity contribution is 4.74. The first-order valence-electron chi connectivity index (χ1n) is 7.41. The molecule has 2 rings (SSSR count). The highest BCUT2D eigenvalue weighted by Crippen LogP contribution is 2.13. The van der Waals surface area contributed by atoms with Crippen molar-refractivity contribution in [1.82, 2.24) is 10.2 Å².